The summed E-state index contributed by atoms with van der Waals surface area (Å²) in [4.78, 5) is 1.50. The predicted octanol–water partition coefficient (Wildman–Crippen LogP) is 3.37. The van der Waals surface area contributed by atoms with E-state index in [0.29, 0.717) is 0 Å². The van der Waals surface area contributed by atoms with Crippen LogP contribution in [0.1, 0.15) is 43.0 Å². The Kier molecular flexibility index (Phi) is 5.88. The lowest BCUT2D eigenvalue weighted by Gasteiger charge is -1.95. The van der Waals surface area contributed by atoms with Gasteiger partial charge in [-0.1, -0.05) is 19.8 Å². The van der Waals surface area contributed by atoms with Crippen molar-refractivity contribution < 1.29 is 0 Å². The summed E-state index contributed by atoms with van der Waals surface area (Å²) in [6, 6.07) is 2.36. The van der Waals surface area contributed by atoms with E-state index in [0.717, 1.165) is 19.4 Å². The minimum atomic E-state index is 0.809. The fraction of sp³-hybridized carbons (Fsp3) is 0.667. The van der Waals surface area contributed by atoms with Crippen molar-refractivity contribution in [3.63, 3.8) is 0 Å². The molecule has 0 radical (unpaired) electrons. The molecule has 80 valence electrons. The summed E-state index contributed by atoms with van der Waals surface area (Å²) in [7, 11) is 0. The molecule has 1 aromatic rings. The van der Waals surface area contributed by atoms with Gasteiger partial charge in [0.05, 0.1) is 0 Å². The molecule has 0 saturated heterocycles. The molecule has 0 fully saturated rings. The first-order valence-corrected chi connectivity index (χ1v) is 6.51. The molecule has 2 heteroatoms. The average Bonchev–Trinajstić information content (AvgIpc) is 2.63. The van der Waals surface area contributed by atoms with Gasteiger partial charge in [-0.05, 0) is 49.2 Å². The van der Waals surface area contributed by atoms with Gasteiger partial charge in [0.1, 0.15) is 0 Å². The lowest BCUT2D eigenvalue weighted by Crippen LogP contribution is -1.99. The maximum atomic E-state index is 5.49. The third-order valence-electron chi connectivity index (χ3n) is 2.40. The molecule has 0 atom stereocenters. The Hall–Kier alpha value is -0.340. The molecule has 0 aliphatic carbocycles. The summed E-state index contributed by atoms with van der Waals surface area (Å²) in [5.41, 5.74) is 7.01. The standard InChI is InChI=1S/C12H21NS/c1-2-3-4-6-11-9-12(14-10-11)7-5-8-13/h9-10H,2-8,13H2,1H3. The molecule has 0 saturated carbocycles. The zero-order valence-corrected chi connectivity index (χ0v) is 9.91. The van der Waals surface area contributed by atoms with Crippen LogP contribution in [0.15, 0.2) is 11.4 Å². The van der Waals surface area contributed by atoms with Crippen molar-refractivity contribution in [3.05, 3.63) is 21.9 Å². The Morgan fingerprint density at radius 3 is 2.79 bits per heavy atom. The van der Waals surface area contributed by atoms with Gasteiger partial charge in [0.2, 0.25) is 0 Å². The van der Waals surface area contributed by atoms with E-state index in [4.69, 9.17) is 5.73 Å². The number of thiophene rings is 1. The van der Waals surface area contributed by atoms with Crippen molar-refractivity contribution in [2.45, 2.75) is 45.4 Å². The van der Waals surface area contributed by atoms with Gasteiger partial charge in [-0.25, -0.2) is 0 Å². The zero-order chi connectivity index (χ0) is 10.2. The summed E-state index contributed by atoms with van der Waals surface area (Å²) in [6.07, 6.45) is 7.54. The fourth-order valence-electron chi connectivity index (χ4n) is 1.54. The van der Waals surface area contributed by atoms with Crippen LogP contribution in [0.3, 0.4) is 0 Å². The van der Waals surface area contributed by atoms with Crippen molar-refractivity contribution in [3.8, 4) is 0 Å². The molecule has 0 bridgehead atoms. The zero-order valence-electron chi connectivity index (χ0n) is 9.09. The van der Waals surface area contributed by atoms with E-state index in [-0.39, 0.29) is 0 Å². The van der Waals surface area contributed by atoms with Gasteiger partial charge in [-0.15, -0.1) is 11.3 Å². The van der Waals surface area contributed by atoms with Gasteiger partial charge < -0.3 is 5.73 Å². The van der Waals surface area contributed by atoms with Crippen LogP contribution in [0.25, 0.3) is 0 Å². The van der Waals surface area contributed by atoms with Crippen LogP contribution in [0.5, 0.6) is 0 Å². The van der Waals surface area contributed by atoms with Gasteiger partial charge in [0.25, 0.3) is 0 Å². The summed E-state index contributed by atoms with van der Waals surface area (Å²) >= 11 is 1.89. The van der Waals surface area contributed by atoms with Crippen LogP contribution in [-0.4, -0.2) is 6.54 Å². The van der Waals surface area contributed by atoms with Crippen LogP contribution in [0.2, 0.25) is 0 Å². The van der Waals surface area contributed by atoms with E-state index < -0.39 is 0 Å². The molecular formula is C12H21NS. The molecular weight excluding hydrogens is 190 g/mol. The predicted molar refractivity (Wildman–Crippen MR) is 64.9 cm³/mol. The van der Waals surface area contributed by atoms with E-state index in [1.54, 1.807) is 0 Å². The second-order valence-electron chi connectivity index (χ2n) is 3.77. The summed E-state index contributed by atoms with van der Waals surface area (Å²) in [5.74, 6) is 0. The molecule has 1 heterocycles. The average molecular weight is 211 g/mol. The quantitative estimate of drug-likeness (QED) is 0.688. The highest BCUT2D eigenvalue weighted by molar-refractivity contribution is 7.10. The van der Waals surface area contributed by atoms with E-state index in [9.17, 15) is 0 Å². The molecule has 0 spiro atoms. The molecule has 0 unspecified atom stereocenters. The van der Waals surface area contributed by atoms with Crippen LogP contribution >= 0.6 is 11.3 Å². The van der Waals surface area contributed by atoms with E-state index in [2.05, 4.69) is 18.4 Å². The molecule has 1 aromatic heterocycles. The number of hydrogen-bond donors (Lipinski definition) is 1. The second kappa shape index (κ2) is 7.02. The monoisotopic (exact) mass is 211 g/mol. The number of hydrogen-bond acceptors (Lipinski definition) is 2. The third kappa shape index (κ3) is 4.25. The third-order valence-corrected chi connectivity index (χ3v) is 3.45. The van der Waals surface area contributed by atoms with Gasteiger partial charge >= 0.3 is 0 Å². The number of rotatable bonds is 7. The molecule has 14 heavy (non-hydrogen) atoms. The van der Waals surface area contributed by atoms with Crippen molar-refractivity contribution in [2.24, 2.45) is 5.73 Å². The van der Waals surface area contributed by atoms with Crippen molar-refractivity contribution in [1.29, 1.82) is 0 Å². The molecule has 0 aliphatic heterocycles. The van der Waals surface area contributed by atoms with Crippen LogP contribution in [0.4, 0.5) is 0 Å². The Balaban J connectivity index is 2.27. The van der Waals surface area contributed by atoms with Crippen LogP contribution in [0, 0.1) is 0 Å². The second-order valence-corrected chi connectivity index (χ2v) is 4.77. The topological polar surface area (TPSA) is 26.0 Å². The van der Waals surface area contributed by atoms with Gasteiger partial charge in [0, 0.05) is 4.88 Å². The van der Waals surface area contributed by atoms with E-state index in [1.807, 2.05) is 11.3 Å². The summed E-state index contributed by atoms with van der Waals surface area (Å²) < 4.78 is 0. The Labute approximate surface area is 91.3 Å². The lowest BCUT2D eigenvalue weighted by molar-refractivity contribution is 0.718. The minimum Gasteiger partial charge on any atom is -0.330 e. The highest BCUT2D eigenvalue weighted by Crippen LogP contribution is 2.18. The molecule has 0 aliphatic rings. The SMILES string of the molecule is CCCCCc1csc(CCCN)c1. The highest BCUT2D eigenvalue weighted by atomic mass is 32.1. The molecule has 1 nitrogen and oxygen atoms in total. The Morgan fingerprint density at radius 1 is 1.21 bits per heavy atom. The summed E-state index contributed by atoms with van der Waals surface area (Å²) in [5, 5.41) is 2.31. The first-order chi connectivity index (χ1) is 6.86. The van der Waals surface area contributed by atoms with Crippen molar-refractivity contribution >= 4 is 11.3 Å². The Morgan fingerprint density at radius 2 is 2.07 bits per heavy atom. The van der Waals surface area contributed by atoms with Crippen molar-refractivity contribution in [1.82, 2.24) is 0 Å². The molecule has 0 amide bonds. The smallest absolute Gasteiger partial charge is 0.00485 e. The van der Waals surface area contributed by atoms with Gasteiger partial charge in [-0.2, -0.15) is 0 Å². The first kappa shape index (κ1) is 11.7. The maximum Gasteiger partial charge on any atom is 0.00485 e. The van der Waals surface area contributed by atoms with Gasteiger partial charge in [0.15, 0.2) is 0 Å². The number of aryl methyl sites for hydroxylation is 2. The van der Waals surface area contributed by atoms with E-state index in [1.165, 1.54) is 36.1 Å². The minimum absolute atomic E-state index is 0.809. The molecule has 2 N–H and O–H groups in total. The highest BCUT2D eigenvalue weighted by Gasteiger charge is 1.99. The largest absolute Gasteiger partial charge is 0.330 e. The molecule has 1 rings (SSSR count). The molecule has 0 aromatic carbocycles. The van der Waals surface area contributed by atoms with Crippen molar-refractivity contribution in [2.75, 3.05) is 6.54 Å². The van der Waals surface area contributed by atoms with E-state index >= 15 is 0 Å². The van der Waals surface area contributed by atoms with Gasteiger partial charge in [-0.3, -0.25) is 0 Å². The van der Waals surface area contributed by atoms with Crippen LogP contribution in [-0.2, 0) is 12.8 Å². The lowest BCUT2D eigenvalue weighted by atomic mass is 10.1. The fourth-order valence-corrected chi connectivity index (χ4v) is 2.51. The first-order valence-electron chi connectivity index (χ1n) is 5.63. The summed E-state index contributed by atoms with van der Waals surface area (Å²) in [6.45, 7) is 3.06. The normalized spacial score (nSPS) is 10.7. The van der Waals surface area contributed by atoms with Crippen LogP contribution < -0.4 is 5.73 Å². The Bertz CT molecular complexity index is 242. The number of nitrogens with two attached hydrogens (primary N) is 1. The number of unbranched alkanes of at least 4 members (excludes halogenated alkanes) is 2. The maximum absolute atomic E-state index is 5.49.